The maximum absolute atomic E-state index is 12.3. The molecule has 0 aromatic heterocycles. The molecule has 3 rings (SSSR count). The molecule has 114 valence electrons. The molecule has 2 N–H and O–H groups in total. The van der Waals surface area contributed by atoms with Gasteiger partial charge in [-0.2, -0.15) is 0 Å². The Morgan fingerprint density at radius 3 is 2.76 bits per heavy atom. The van der Waals surface area contributed by atoms with Gasteiger partial charge in [0.25, 0.3) is 0 Å². The van der Waals surface area contributed by atoms with Gasteiger partial charge in [0.2, 0.25) is 5.91 Å². The van der Waals surface area contributed by atoms with Crippen LogP contribution < -0.4 is 10.6 Å². The molecule has 2 heterocycles. The van der Waals surface area contributed by atoms with E-state index in [2.05, 4.69) is 45.3 Å². The SMILES string of the molecule is CC1(C)C2CNCC2CN1CC(=O)Nc1ccc(Br)cc1. The van der Waals surface area contributed by atoms with Gasteiger partial charge in [-0.3, -0.25) is 9.69 Å². The number of fused-ring (bicyclic) bond motifs is 1. The van der Waals surface area contributed by atoms with Crippen LogP contribution in [-0.4, -0.2) is 42.5 Å². The quantitative estimate of drug-likeness (QED) is 0.878. The normalized spacial score (nSPS) is 27.6. The number of carbonyl (C=O) groups is 1. The van der Waals surface area contributed by atoms with E-state index >= 15 is 0 Å². The second kappa shape index (κ2) is 5.71. The summed E-state index contributed by atoms with van der Waals surface area (Å²) in [6.45, 7) is 8.16. The topological polar surface area (TPSA) is 44.4 Å². The number of carbonyl (C=O) groups excluding carboxylic acids is 1. The first-order valence-corrected chi connectivity index (χ1v) is 8.27. The summed E-state index contributed by atoms with van der Waals surface area (Å²) in [6.07, 6.45) is 0. The summed E-state index contributed by atoms with van der Waals surface area (Å²) in [5.74, 6) is 1.40. The highest BCUT2D eigenvalue weighted by Gasteiger charge is 2.49. The molecule has 4 nitrogen and oxygen atoms in total. The lowest BCUT2D eigenvalue weighted by Gasteiger charge is -2.35. The zero-order chi connectivity index (χ0) is 15.0. The number of amides is 1. The van der Waals surface area contributed by atoms with Crippen LogP contribution in [0.4, 0.5) is 5.69 Å². The van der Waals surface area contributed by atoms with Gasteiger partial charge in [0.05, 0.1) is 6.54 Å². The summed E-state index contributed by atoms with van der Waals surface area (Å²) in [4.78, 5) is 14.6. The van der Waals surface area contributed by atoms with Gasteiger partial charge < -0.3 is 10.6 Å². The van der Waals surface area contributed by atoms with E-state index in [-0.39, 0.29) is 11.4 Å². The summed E-state index contributed by atoms with van der Waals surface area (Å²) < 4.78 is 1.02. The minimum Gasteiger partial charge on any atom is -0.325 e. The third-order valence-electron chi connectivity index (χ3n) is 4.98. The first-order valence-electron chi connectivity index (χ1n) is 7.48. The van der Waals surface area contributed by atoms with E-state index in [4.69, 9.17) is 0 Å². The zero-order valence-corrected chi connectivity index (χ0v) is 14.1. The number of nitrogens with one attached hydrogen (secondary N) is 2. The van der Waals surface area contributed by atoms with Crippen LogP contribution in [-0.2, 0) is 4.79 Å². The van der Waals surface area contributed by atoms with Crippen molar-refractivity contribution >= 4 is 27.5 Å². The van der Waals surface area contributed by atoms with E-state index in [1.807, 2.05) is 24.3 Å². The number of benzene rings is 1. The molecule has 2 saturated heterocycles. The fraction of sp³-hybridized carbons (Fsp3) is 0.562. The highest BCUT2D eigenvalue weighted by atomic mass is 79.9. The molecule has 1 aromatic carbocycles. The lowest BCUT2D eigenvalue weighted by atomic mass is 9.85. The van der Waals surface area contributed by atoms with Crippen molar-refractivity contribution in [2.45, 2.75) is 19.4 Å². The molecule has 1 amide bonds. The monoisotopic (exact) mass is 351 g/mol. The molecule has 0 saturated carbocycles. The Morgan fingerprint density at radius 2 is 2.10 bits per heavy atom. The molecule has 0 bridgehead atoms. The standard InChI is InChI=1S/C16H22BrN3O/c1-16(2)14-8-18-7-11(14)9-20(16)10-15(21)19-13-5-3-12(17)4-6-13/h3-6,11,14,18H,7-10H2,1-2H3,(H,19,21). The number of hydrogen-bond acceptors (Lipinski definition) is 3. The maximum Gasteiger partial charge on any atom is 0.238 e. The van der Waals surface area contributed by atoms with Crippen LogP contribution in [0, 0.1) is 11.8 Å². The van der Waals surface area contributed by atoms with Crippen molar-refractivity contribution in [3.63, 3.8) is 0 Å². The molecular formula is C16H22BrN3O. The molecule has 2 aliphatic heterocycles. The predicted octanol–water partition coefficient (Wildman–Crippen LogP) is 2.32. The van der Waals surface area contributed by atoms with Crippen molar-refractivity contribution in [1.29, 1.82) is 0 Å². The Balaban J connectivity index is 1.61. The summed E-state index contributed by atoms with van der Waals surface area (Å²) in [7, 11) is 0. The lowest BCUT2D eigenvalue weighted by Crippen LogP contribution is -2.47. The second-order valence-corrected chi connectivity index (χ2v) is 7.53. The van der Waals surface area contributed by atoms with Crippen LogP contribution in [0.3, 0.4) is 0 Å². The fourth-order valence-corrected chi connectivity index (χ4v) is 3.94. The van der Waals surface area contributed by atoms with Crippen LogP contribution in [0.1, 0.15) is 13.8 Å². The second-order valence-electron chi connectivity index (χ2n) is 6.61. The summed E-state index contributed by atoms with van der Waals surface area (Å²) >= 11 is 3.40. The van der Waals surface area contributed by atoms with Crippen molar-refractivity contribution in [1.82, 2.24) is 10.2 Å². The molecule has 0 spiro atoms. The van der Waals surface area contributed by atoms with E-state index < -0.39 is 0 Å². The van der Waals surface area contributed by atoms with E-state index in [0.717, 1.165) is 29.8 Å². The summed E-state index contributed by atoms with van der Waals surface area (Å²) in [5, 5.41) is 6.45. The number of nitrogens with zero attached hydrogens (tertiary/aromatic N) is 1. The van der Waals surface area contributed by atoms with Gasteiger partial charge in [-0.1, -0.05) is 15.9 Å². The van der Waals surface area contributed by atoms with Gasteiger partial charge in [-0.25, -0.2) is 0 Å². The van der Waals surface area contributed by atoms with Crippen molar-refractivity contribution < 1.29 is 4.79 Å². The predicted molar refractivity (Wildman–Crippen MR) is 88.3 cm³/mol. The van der Waals surface area contributed by atoms with Gasteiger partial charge in [0.15, 0.2) is 0 Å². The van der Waals surface area contributed by atoms with E-state index in [1.54, 1.807) is 0 Å². The van der Waals surface area contributed by atoms with Gasteiger partial charge >= 0.3 is 0 Å². The Kier molecular flexibility index (Phi) is 4.08. The first kappa shape index (κ1) is 15.0. The molecule has 2 atom stereocenters. The van der Waals surface area contributed by atoms with Crippen LogP contribution >= 0.6 is 15.9 Å². The smallest absolute Gasteiger partial charge is 0.238 e. The van der Waals surface area contributed by atoms with Gasteiger partial charge in [0.1, 0.15) is 0 Å². The van der Waals surface area contributed by atoms with Gasteiger partial charge in [-0.15, -0.1) is 0 Å². The first-order chi connectivity index (χ1) is 9.96. The largest absolute Gasteiger partial charge is 0.325 e. The van der Waals surface area contributed by atoms with Crippen molar-refractivity contribution in [2.24, 2.45) is 11.8 Å². The Bertz CT molecular complexity index is 529. The van der Waals surface area contributed by atoms with Crippen LogP contribution in [0.2, 0.25) is 0 Å². The van der Waals surface area contributed by atoms with Crippen LogP contribution in [0.5, 0.6) is 0 Å². The average Bonchev–Trinajstić information content (AvgIpc) is 2.97. The number of likely N-dealkylation sites (tertiary alicyclic amines) is 1. The van der Waals surface area contributed by atoms with Gasteiger partial charge in [-0.05, 0) is 56.5 Å². The Labute approximate surface area is 134 Å². The highest BCUT2D eigenvalue weighted by molar-refractivity contribution is 9.10. The third-order valence-corrected chi connectivity index (χ3v) is 5.51. The minimum atomic E-state index is 0.0679. The van der Waals surface area contributed by atoms with Crippen LogP contribution in [0.15, 0.2) is 28.7 Å². The molecule has 2 aliphatic rings. The number of hydrogen-bond donors (Lipinski definition) is 2. The minimum absolute atomic E-state index is 0.0679. The summed E-state index contributed by atoms with van der Waals surface area (Å²) in [6, 6.07) is 7.70. The molecule has 0 radical (unpaired) electrons. The van der Waals surface area contributed by atoms with Gasteiger partial charge in [0, 0.05) is 28.8 Å². The third kappa shape index (κ3) is 3.00. The Hall–Kier alpha value is -0.910. The molecule has 5 heteroatoms. The Morgan fingerprint density at radius 1 is 1.38 bits per heavy atom. The molecule has 21 heavy (non-hydrogen) atoms. The average molecular weight is 352 g/mol. The van der Waals surface area contributed by atoms with Crippen molar-refractivity contribution in [2.75, 3.05) is 31.5 Å². The van der Waals surface area contributed by atoms with Crippen molar-refractivity contribution in [3.8, 4) is 0 Å². The fourth-order valence-electron chi connectivity index (χ4n) is 3.68. The van der Waals surface area contributed by atoms with E-state index in [1.165, 1.54) is 0 Å². The number of anilines is 1. The van der Waals surface area contributed by atoms with E-state index in [0.29, 0.717) is 18.4 Å². The molecular weight excluding hydrogens is 330 g/mol. The van der Waals surface area contributed by atoms with E-state index in [9.17, 15) is 4.79 Å². The molecule has 2 unspecified atom stereocenters. The molecule has 2 fully saturated rings. The number of rotatable bonds is 3. The maximum atomic E-state index is 12.3. The van der Waals surface area contributed by atoms with Crippen LogP contribution in [0.25, 0.3) is 0 Å². The highest BCUT2D eigenvalue weighted by Crippen LogP contribution is 2.40. The molecule has 0 aliphatic carbocycles. The molecule has 1 aromatic rings. The zero-order valence-electron chi connectivity index (χ0n) is 12.5. The lowest BCUT2D eigenvalue weighted by molar-refractivity contribution is -0.118. The summed E-state index contributed by atoms with van der Waals surface area (Å²) in [5.41, 5.74) is 0.938. The van der Waals surface area contributed by atoms with Crippen molar-refractivity contribution in [3.05, 3.63) is 28.7 Å². The number of halogens is 1.